The molecular formula is C23H24N2O5S. The normalized spacial score (nSPS) is 14.9. The average molecular weight is 441 g/mol. The van der Waals surface area contributed by atoms with Crippen molar-refractivity contribution in [3.8, 4) is 11.5 Å². The average Bonchev–Trinajstić information content (AvgIpc) is 2.98. The van der Waals surface area contributed by atoms with E-state index in [1.807, 2.05) is 43.3 Å². The molecule has 0 radical (unpaired) electrons. The number of amides is 1. The maximum atomic E-state index is 12.7. The Bertz CT molecular complexity index is 1010. The summed E-state index contributed by atoms with van der Waals surface area (Å²) < 4.78 is 16.4. The van der Waals surface area contributed by atoms with Crippen LogP contribution in [0.25, 0.3) is 6.08 Å². The van der Waals surface area contributed by atoms with E-state index in [0.29, 0.717) is 36.0 Å². The lowest BCUT2D eigenvalue weighted by atomic mass is 10.1. The summed E-state index contributed by atoms with van der Waals surface area (Å²) in [5.74, 6) is 0.380. The van der Waals surface area contributed by atoms with Gasteiger partial charge in [-0.25, -0.2) is 0 Å². The van der Waals surface area contributed by atoms with Gasteiger partial charge in [-0.15, -0.1) is 0 Å². The van der Waals surface area contributed by atoms with Gasteiger partial charge in [0.2, 0.25) is 0 Å². The number of carbonyl (C=O) groups is 2. The number of hydrogen-bond acceptors (Lipinski definition) is 6. The number of ether oxygens (including phenoxy) is 3. The van der Waals surface area contributed by atoms with E-state index in [4.69, 9.17) is 26.4 Å². The fourth-order valence-corrected chi connectivity index (χ4v) is 3.29. The number of hydrogen-bond donors (Lipinski definition) is 0. The summed E-state index contributed by atoms with van der Waals surface area (Å²) in [7, 11) is 2.86. The Balaban J connectivity index is 1.87. The molecule has 0 aliphatic carbocycles. The number of carbonyl (C=O) groups excluding carboxylic acids is 2. The van der Waals surface area contributed by atoms with Crippen LogP contribution in [-0.2, 0) is 20.9 Å². The first kappa shape index (κ1) is 22.3. The van der Waals surface area contributed by atoms with Crippen molar-refractivity contribution < 1.29 is 23.8 Å². The van der Waals surface area contributed by atoms with E-state index in [2.05, 4.69) is 0 Å². The molecule has 8 heteroatoms. The smallest absolute Gasteiger partial charge is 0.325 e. The Hall–Kier alpha value is -3.39. The van der Waals surface area contributed by atoms with Crippen molar-refractivity contribution in [3.05, 3.63) is 65.4 Å². The van der Waals surface area contributed by atoms with Gasteiger partial charge in [0, 0.05) is 7.05 Å². The summed E-state index contributed by atoms with van der Waals surface area (Å²) in [6, 6.07) is 15.2. The topological polar surface area (TPSA) is 68.3 Å². The lowest BCUT2D eigenvalue weighted by Crippen LogP contribution is -2.33. The number of esters is 1. The third kappa shape index (κ3) is 5.21. The van der Waals surface area contributed by atoms with Crippen molar-refractivity contribution >= 4 is 35.3 Å². The van der Waals surface area contributed by atoms with E-state index >= 15 is 0 Å². The molecule has 0 atom stereocenters. The molecule has 162 valence electrons. The van der Waals surface area contributed by atoms with Crippen molar-refractivity contribution in [2.75, 3.05) is 27.3 Å². The molecule has 3 rings (SSSR count). The summed E-state index contributed by atoms with van der Waals surface area (Å²) >= 11 is 5.31. The van der Waals surface area contributed by atoms with Crippen LogP contribution >= 0.6 is 12.2 Å². The predicted octanol–water partition coefficient (Wildman–Crippen LogP) is 3.24. The molecule has 0 unspecified atom stereocenters. The maximum absolute atomic E-state index is 12.7. The first-order chi connectivity index (χ1) is 14.9. The van der Waals surface area contributed by atoms with E-state index in [9.17, 15) is 9.59 Å². The third-order valence-corrected chi connectivity index (χ3v) is 5.15. The SMILES string of the molecule is CCOc1cc(C=C2C(=O)N(C)C(=S)N2CC(=O)OC)ccc1OCc1ccccc1. The molecule has 0 bridgehead atoms. The predicted molar refractivity (Wildman–Crippen MR) is 120 cm³/mol. The molecule has 1 amide bonds. The number of rotatable bonds is 8. The zero-order valence-corrected chi connectivity index (χ0v) is 18.5. The van der Waals surface area contributed by atoms with Gasteiger partial charge in [0.15, 0.2) is 16.6 Å². The number of benzene rings is 2. The van der Waals surface area contributed by atoms with Crippen LogP contribution in [0.2, 0.25) is 0 Å². The maximum Gasteiger partial charge on any atom is 0.325 e. The monoisotopic (exact) mass is 440 g/mol. The van der Waals surface area contributed by atoms with Crippen LogP contribution < -0.4 is 9.47 Å². The van der Waals surface area contributed by atoms with Gasteiger partial charge in [-0.05, 0) is 48.5 Å². The van der Waals surface area contributed by atoms with Crippen LogP contribution in [0.3, 0.4) is 0 Å². The lowest BCUT2D eigenvalue weighted by Gasteiger charge is -2.17. The number of thiocarbonyl (C=S) groups is 1. The van der Waals surface area contributed by atoms with Crippen LogP contribution in [-0.4, -0.2) is 54.1 Å². The Morgan fingerprint density at radius 3 is 2.52 bits per heavy atom. The van der Waals surface area contributed by atoms with Crippen molar-refractivity contribution in [2.24, 2.45) is 0 Å². The van der Waals surface area contributed by atoms with E-state index in [1.54, 1.807) is 25.3 Å². The van der Waals surface area contributed by atoms with Gasteiger partial charge in [-0.3, -0.25) is 14.5 Å². The standard InChI is InChI=1S/C23H24N2O5S/c1-4-29-20-13-17(10-11-19(20)30-15-16-8-6-5-7-9-16)12-18-22(27)24(2)23(31)25(18)14-21(26)28-3/h5-13H,4,14-15H2,1-3H3. The second-order valence-electron chi connectivity index (χ2n) is 6.75. The molecule has 1 saturated heterocycles. The second kappa shape index (κ2) is 10.1. The van der Waals surface area contributed by atoms with E-state index in [0.717, 1.165) is 5.56 Å². The molecule has 0 spiro atoms. The quantitative estimate of drug-likeness (QED) is 0.355. The van der Waals surface area contributed by atoms with E-state index < -0.39 is 5.97 Å². The van der Waals surface area contributed by atoms with Gasteiger partial charge < -0.3 is 19.1 Å². The highest BCUT2D eigenvalue weighted by molar-refractivity contribution is 7.80. The van der Waals surface area contributed by atoms with Crippen LogP contribution in [0.15, 0.2) is 54.2 Å². The summed E-state index contributed by atoms with van der Waals surface area (Å²) in [5, 5.41) is 0.245. The molecule has 1 aliphatic rings. The highest BCUT2D eigenvalue weighted by Crippen LogP contribution is 2.31. The van der Waals surface area contributed by atoms with E-state index in [1.165, 1.54) is 16.9 Å². The van der Waals surface area contributed by atoms with Gasteiger partial charge in [0.05, 0.1) is 13.7 Å². The number of methoxy groups -OCH3 is 1. The minimum atomic E-state index is -0.490. The van der Waals surface area contributed by atoms with Crippen LogP contribution in [0.5, 0.6) is 11.5 Å². The Kier molecular flexibility index (Phi) is 7.25. The van der Waals surface area contributed by atoms with Crippen LogP contribution in [0.1, 0.15) is 18.1 Å². The van der Waals surface area contributed by atoms with Gasteiger partial charge in [0.25, 0.3) is 5.91 Å². The van der Waals surface area contributed by atoms with E-state index in [-0.39, 0.29) is 17.6 Å². The third-order valence-electron chi connectivity index (χ3n) is 4.66. The lowest BCUT2D eigenvalue weighted by molar-refractivity contribution is -0.140. The fourth-order valence-electron chi connectivity index (χ4n) is 3.04. The van der Waals surface area contributed by atoms with Crippen molar-refractivity contribution in [1.29, 1.82) is 0 Å². The molecule has 1 aliphatic heterocycles. The molecule has 1 fully saturated rings. The van der Waals surface area contributed by atoms with Gasteiger partial charge in [-0.1, -0.05) is 36.4 Å². The largest absolute Gasteiger partial charge is 0.490 e. The summed E-state index contributed by atoms with van der Waals surface area (Å²) in [6.45, 7) is 2.61. The van der Waals surface area contributed by atoms with Gasteiger partial charge in [0.1, 0.15) is 18.8 Å². The molecule has 31 heavy (non-hydrogen) atoms. The minimum absolute atomic E-state index is 0.145. The number of nitrogens with zero attached hydrogens (tertiary/aromatic N) is 2. The first-order valence-corrected chi connectivity index (χ1v) is 10.2. The Morgan fingerprint density at radius 2 is 1.84 bits per heavy atom. The number of likely N-dealkylation sites (N-methyl/N-ethyl adjacent to an activating group) is 1. The summed E-state index contributed by atoms with van der Waals surface area (Å²) in [4.78, 5) is 27.2. The first-order valence-electron chi connectivity index (χ1n) is 9.76. The summed E-state index contributed by atoms with van der Waals surface area (Å²) in [6.07, 6.45) is 1.67. The fraction of sp³-hybridized carbons (Fsp3) is 0.261. The zero-order chi connectivity index (χ0) is 22.4. The minimum Gasteiger partial charge on any atom is -0.490 e. The molecule has 2 aromatic carbocycles. The Morgan fingerprint density at radius 1 is 1.10 bits per heavy atom. The molecule has 1 heterocycles. The Labute approximate surface area is 186 Å². The molecule has 2 aromatic rings. The molecule has 7 nitrogen and oxygen atoms in total. The molecular weight excluding hydrogens is 416 g/mol. The summed E-state index contributed by atoms with van der Waals surface area (Å²) in [5.41, 5.74) is 2.05. The van der Waals surface area contributed by atoms with Gasteiger partial charge in [-0.2, -0.15) is 0 Å². The molecule has 0 N–H and O–H groups in total. The van der Waals surface area contributed by atoms with Crippen LogP contribution in [0.4, 0.5) is 0 Å². The zero-order valence-electron chi connectivity index (χ0n) is 17.7. The van der Waals surface area contributed by atoms with Crippen molar-refractivity contribution in [1.82, 2.24) is 9.80 Å². The van der Waals surface area contributed by atoms with Gasteiger partial charge >= 0.3 is 5.97 Å². The van der Waals surface area contributed by atoms with Crippen LogP contribution in [0, 0.1) is 0 Å². The van der Waals surface area contributed by atoms with Crippen molar-refractivity contribution in [2.45, 2.75) is 13.5 Å². The molecule has 0 aromatic heterocycles. The second-order valence-corrected chi connectivity index (χ2v) is 7.12. The highest BCUT2D eigenvalue weighted by Gasteiger charge is 2.36. The van der Waals surface area contributed by atoms with Crippen molar-refractivity contribution in [3.63, 3.8) is 0 Å². The molecule has 0 saturated carbocycles. The highest BCUT2D eigenvalue weighted by atomic mass is 32.1.